The molecular formula is C23H17F3N2O2S2. The number of hydrogen-bond acceptors (Lipinski definition) is 4. The van der Waals surface area contributed by atoms with E-state index < -0.39 is 21.8 Å². The summed E-state index contributed by atoms with van der Waals surface area (Å²) in [5.74, 6) is 0. The molecular weight excluding hydrogens is 457 g/mol. The van der Waals surface area contributed by atoms with Crippen molar-refractivity contribution in [3.8, 4) is 22.4 Å². The van der Waals surface area contributed by atoms with Crippen LogP contribution in [-0.4, -0.2) is 13.4 Å². The molecule has 0 aliphatic rings. The fourth-order valence-corrected chi connectivity index (χ4v) is 4.78. The number of thiophene rings is 1. The van der Waals surface area contributed by atoms with Crippen LogP contribution in [0.3, 0.4) is 0 Å². The molecule has 0 atom stereocenters. The van der Waals surface area contributed by atoms with Crippen LogP contribution in [0.25, 0.3) is 22.4 Å². The molecule has 164 valence electrons. The lowest BCUT2D eigenvalue weighted by Gasteiger charge is -2.10. The van der Waals surface area contributed by atoms with Crippen molar-refractivity contribution in [1.82, 2.24) is 9.71 Å². The van der Waals surface area contributed by atoms with Gasteiger partial charge in [0.05, 0.1) is 16.2 Å². The first-order valence-corrected chi connectivity index (χ1v) is 11.9. The van der Waals surface area contributed by atoms with Gasteiger partial charge in [-0.1, -0.05) is 24.3 Å². The van der Waals surface area contributed by atoms with Gasteiger partial charge < -0.3 is 0 Å². The highest BCUT2D eigenvalue weighted by molar-refractivity contribution is 7.89. The summed E-state index contributed by atoms with van der Waals surface area (Å²) in [5, 5.41) is 3.90. The summed E-state index contributed by atoms with van der Waals surface area (Å²) in [6, 6.07) is 16.1. The maximum Gasteiger partial charge on any atom is 0.416 e. The van der Waals surface area contributed by atoms with Crippen molar-refractivity contribution in [3.05, 3.63) is 94.8 Å². The van der Waals surface area contributed by atoms with E-state index in [-0.39, 0.29) is 11.4 Å². The zero-order valence-corrected chi connectivity index (χ0v) is 18.1. The van der Waals surface area contributed by atoms with Crippen LogP contribution >= 0.6 is 11.3 Å². The summed E-state index contributed by atoms with van der Waals surface area (Å²) >= 11 is 1.55. The second-order valence-corrected chi connectivity index (χ2v) is 9.54. The van der Waals surface area contributed by atoms with Crippen molar-refractivity contribution in [2.75, 3.05) is 0 Å². The Bertz CT molecular complexity index is 1320. The van der Waals surface area contributed by atoms with Crippen LogP contribution in [0.1, 0.15) is 11.1 Å². The Morgan fingerprint density at radius 2 is 1.69 bits per heavy atom. The SMILES string of the molecule is O=S(=O)(NCc1ccnc(-c2ccsc2)c1)c1ccc(-c2cccc(C(F)(F)F)c2)cc1. The summed E-state index contributed by atoms with van der Waals surface area (Å²) in [6.45, 7) is 0.0807. The molecule has 0 radical (unpaired) electrons. The van der Waals surface area contributed by atoms with Crippen molar-refractivity contribution in [2.45, 2.75) is 17.6 Å². The topological polar surface area (TPSA) is 59.1 Å². The molecule has 4 aromatic rings. The predicted molar refractivity (Wildman–Crippen MR) is 118 cm³/mol. The molecule has 0 saturated carbocycles. The lowest BCUT2D eigenvalue weighted by atomic mass is 10.0. The Labute approximate surface area is 187 Å². The van der Waals surface area contributed by atoms with Crippen LogP contribution in [0.5, 0.6) is 0 Å². The molecule has 2 heterocycles. The zero-order valence-electron chi connectivity index (χ0n) is 16.5. The molecule has 32 heavy (non-hydrogen) atoms. The minimum absolute atomic E-state index is 0.0281. The Balaban J connectivity index is 1.49. The number of pyridine rings is 1. The van der Waals surface area contributed by atoms with Gasteiger partial charge in [0.15, 0.2) is 0 Å². The normalized spacial score (nSPS) is 12.1. The fourth-order valence-electron chi connectivity index (χ4n) is 3.12. The maximum atomic E-state index is 12.9. The number of sulfonamides is 1. The third-order valence-electron chi connectivity index (χ3n) is 4.80. The van der Waals surface area contributed by atoms with Crippen molar-refractivity contribution >= 4 is 21.4 Å². The fraction of sp³-hybridized carbons (Fsp3) is 0.0870. The Kier molecular flexibility index (Phi) is 6.14. The second kappa shape index (κ2) is 8.85. The van der Waals surface area contributed by atoms with Crippen molar-refractivity contribution in [2.24, 2.45) is 0 Å². The molecule has 1 N–H and O–H groups in total. The summed E-state index contributed by atoms with van der Waals surface area (Å²) in [5.41, 5.74) is 2.57. The summed E-state index contributed by atoms with van der Waals surface area (Å²) in [7, 11) is -3.80. The van der Waals surface area contributed by atoms with E-state index in [0.717, 1.165) is 29.0 Å². The quantitative estimate of drug-likeness (QED) is 0.374. The molecule has 0 fully saturated rings. The average Bonchev–Trinajstić information content (AvgIpc) is 3.33. The first-order chi connectivity index (χ1) is 15.2. The van der Waals surface area contributed by atoms with E-state index in [9.17, 15) is 21.6 Å². The molecule has 2 aromatic carbocycles. The summed E-state index contributed by atoms with van der Waals surface area (Å²) in [4.78, 5) is 4.33. The van der Waals surface area contributed by atoms with Crippen LogP contribution in [0, 0.1) is 0 Å². The third kappa shape index (κ3) is 5.07. The number of rotatable bonds is 6. The molecule has 0 aliphatic carbocycles. The van der Waals surface area contributed by atoms with E-state index in [1.807, 2.05) is 22.9 Å². The van der Waals surface area contributed by atoms with Gasteiger partial charge in [0.1, 0.15) is 0 Å². The van der Waals surface area contributed by atoms with Crippen LogP contribution in [0.2, 0.25) is 0 Å². The zero-order chi connectivity index (χ0) is 22.8. The first-order valence-electron chi connectivity index (χ1n) is 9.47. The Morgan fingerprint density at radius 3 is 2.38 bits per heavy atom. The van der Waals surface area contributed by atoms with Crippen LogP contribution in [0.15, 0.2) is 88.6 Å². The van der Waals surface area contributed by atoms with Gasteiger partial charge in [-0.3, -0.25) is 4.98 Å². The van der Waals surface area contributed by atoms with Crippen molar-refractivity contribution in [3.63, 3.8) is 0 Å². The van der Waals surface area contributed by atoms with Crippen molar-refractivity contribution in [1.29, 1.82) is 0 Å². The van der Waals surface area contributed by atoms with Gasteiger partial charge in [0.2, 0.25) is 10.0 Å². The number of hydrogen-bond donors (Lipinski definition) is 1. The van der Waals surface area contributed by atoms with Gasteiger partial charge >= 0.3 is 6.18 Å². The maximum absolute atomic E-state index is 12.9. The number of halogens is 3. The van der Waals surface area contributed by atoms with Crippen LogP contribution < -0.4 is 4.72 Å². The van der Waals surface area contributed by atoms with Crippen LogP contribution in [0.4, 0.5) is 13.2 Å². The summed E-state index contributed by atoms with van der Waals surface area (Å²) < 4.78 is 66.7. The number of alkyl halides is 3. The molecule has 0 spiro atoms. The largest absolute Gasteiger partial charge is 0.416 e. The monoisotopic (exact) mass is 474 g/mol. The molecule has 0 unspecified atom stereocenters. The van der Waals surface area contributed by atoms with E-state index >= 15 is 0 Å². The van der Waals surface area contributed by atoms with Crippen LogP contribution in [-0.2, 0) is 22.7 Å². The van der Waals surface area contributed by atoms with E-state index in [0.29, 0.717) is 11.1 Å². The number of nitrogens with one attached hydrogen (secondary N) is 1. The molecule has 2 aromatic heterocycles. The van der Waals surface area contributed by atoms with Crippen molar-refractivity contribution < 1.29 is 21.6 Å². The average molecular weight is 475 g/mol. The smallest absolute Gasteiger partial charge is 0.256 e. The second-order valence-electron chi connectivity index (χ2n) is 6.99. The standard InChI is InChI=1S/C23H17F3N2O2S2/c24-23(25,26)20-3-1-2-18(13-20)17-4-6-21(7-5-17)32(29,30)28-14-16-8-10-27-22(12-16)19-9-11-31-15-19/h1-13,15,28H,14H2. The number of aromatic nitrogens is 1. The first kappa shape index (κ1) is 22.2. The van der Waals surface area contributed by atoms with E-state index in [1.54, 1.807) is 29.7 Å². The highest BCUT2D eigenvalue weighted by Crippen LogP contribution is 2.32. The minimum atomic E-state index is -4.44. The highest BCUT2D eigenvalue weighted by Gasteiger charge is 2.30. The molecule has 4 nitrogen and oxygen atoms in total. The lowest BCUT2D eigenvalue weighted by molar-refractivity contribution is -0.137. The molecule has 0 aliphatic heterocycles. The summed E-state index contributed by atoms with van der Waals surface area (Å²) in [6.07, 6.45) is -2.82. The van der Waals surface area contributed by atoms with Gasteiger partial charge in [0.25, 0.3) is 0 Å². The van der Waals surface area contributed by atoms with Gasteiger partial charge in [-0.2, -0.15) is 24.5 Å². The number of nitrogens with zero attached hydrogens (tertiary/aromatic N) is 1. The number of benzene rings is 2. The van der Waals surface area contributed by atoms with E-state index in [4.69, 9.17) is 0 Å². The van der Waals surface area contributed by atoms with Gasteiger partial charge in [-0.05, 0) is 64.5 Å². The third-order valence-corrected chi connectivity index (χ3v) is 6.90. The molecule has 0 saturated heterocycles. The molecule has 9 heteroatoms. The highest BCUT2D eigenvalue weighted by atomic mass is 32.2. The predicted octanol–water partition coefficient (Wildman–Crippen LogP) is 5.97. The van der Waals surface area contributed by atoms with E-state index in [1.165, 1.54) is 30.3 Å². The lowest BCUT2D eigenvalue weighted by Crippen LogP contribution is -2.23. The van der Waals surface area contributed by atoms with Gasteiger partial charge in [0, 0.05) is 23.7 Å². The van der Waals surface area contributed by atoms with Gasteiger partial charge in [-0.25, -0.2) is 13.1 Å². The molecule has 4 rings (SSSR count). The minimum Gasteiger partial charge on any atom is -0.256 e. The Hall–Kier alpha value is -3.01. The molecule has 0 amide bonds. The Morgan fingerprint density at radius 1 is 0.906 bits per heavy atom. The van der Waals surface area contributed by atoms with Gasteiger partial charge in [-0.15, -0.1) is 0 Å². The molecule has 0 bridgehead atoms. The van der Waals surface area contributed by atoms with E-state index in [2.05, 4.69) is 9.71 Å².